The molecule has 0 radical (unpaired) electrons. The van der Waals surface area contributed by atoms with Crippen molar-refractivity contribution in [3.05, 3.63) is 35.4 Å². The molecule has 1 saturated heterocycles. The van der Waals surface area contributed by atoms with Gasteiger partial charge in [-0.1, -0.05) is 29.8 Å². The summed E-state index contributed by atoms with van der Waals surface area (Å²) in [5.41, 5.74) is 2.33. The number of aliphatic hydroxyl groups is 1. The number of urea groups is 1. The molecule has 0 aromatic heterocycles. The van der Waals surface area contributed by atoms with Gasteiger partial charge in [-0.3, -0.25) is 0 Å². The third kappa shape index (κ3) is 4.03. The Kier molecular flexibility index (Phi) is 5.18. The lowest BCUT2D eigenvalue weighted by atomic mass is 9.95. The van der Waals surface area contributed by atoms with Crippen LogP contribution in [0.15, 0.2) is 24.3 Å². The number of amides is 2. The zero-order valence-corrected chi connectivity index (χ0v) is 13.7. The van der Waals surface area contributed by atoms with Crippen LogP contribution in [0, 0.1) is 6.92 Å². The standard InChI is InChI=1S/C18H26N2O3/c1-13-4-6-14(7-5-13)17-16(3-2-12-23-17)19-18(22)20(10-11-21)15-8-9-15/h4-7,15-17,21H,2-3,8-12H2,1H3,(H,19,22). The highest BCUT2D eigenvalue weighted by Crippen LogP contribution is 2.30. The molecule has 1 saturated carbocycles. The van der Waals surface area contributed by atoms with Gasteiger partial charge in [-0.2, -0.15) is 0 Å². The molecule has 5 heteroatoms. The number of ether oxygens (including phenoxy) is 1. The van der Waals surface area contributed by atoms with E-state index in [2.05, 4.69) is 36.5 Å². The van der Waals surface area contributed by atoms with Crippen molar-refractivity contribution in [2.24, 2.45) is 0 Å². The number of aryl methyl sites for hydroxylation is 1. The Balaban J connectivity index is 1.68. The van der Waals surface area contributed by atoms with Crippen LogP contribution in [0.4, 0.5) is 4.79 Å². The Morgan fingerprint density at radius 3 is 2.70 bits per heavy atom. The molecule has 1 heterocycles. The zero-order chi connectivity index (χ0) is 16.2. The van der Waals surface area contributed by atoms with E-state index in [-0.39, 0.29) is 24.8 Å². The van der Waals surface area contributed by atoms with Gasteiger partial charge in [0.15, 0.2) is 0 Å². The van der Waals surface area contributed by atoms with Crippen molar-refractivity contribution < 1.29 is 14.6 Å². The Hall–Kier alpha value is -1.59. The average molecular weight is 318 g/mol. The van der Waals surface area contributed by atoms with Gasteiger partial charge < -0.3 is 20.1 Å². The van der Waals surface area contributed by atoms with E-state index >= 15 is 0 Å². The van der Waals surface area contributed by atoms with Crippen LogP contribution in [0.2, 0.25) is 0 Å². The van der Waals surface area contributed by atoms with Crippen molar-refractivity contribution in [1.82, 2.24) is 10.2 Å². The van der Waals surface area contributed by atoms with E-state index in [0.29, 0.717) is 12.6 Å². The minimum Gasteiger partial charge on any atom is -0.395 e. The van der Waals surface area contributed by atoms with Crippen molar-refractivity contribution in [1.29, 1.82) is 0 Å². The number of aliphatic hydroxyl groups excluding tert-OH is 1. The number of carbonyl (C=O) groups is 1. The molecule has 1 aliphatic heterocycles. The summed E-state index contributed by atoms with van der Waals surface area (Å²) in [5.74, 6) is 0. The van der Waals surface area contributed by atoms with Crippen LogP contribution in [0.5, 0.6) is 0 Å². The molecule has 23 heavy (non-hydrogen) atoms. The predicted molar refractivity (Wildman–Crippen MR) is 88.2 cm³/mol. The van der Waals surface area contributed by atoms with Crippen molar-refractivity contribution in [2.75, 3.05) is 19.8 Å². The van der Waals surface area contributed by atoms with Crippen LogP contribution in [0.25, 0.3) is 0 Å². The Labute approximate surface area is 137 Å². The molecule has 5 nitrogen and oxygen atoms in total. The van der Waals surface area contributed by atoms with E-state index in [1.165, 1.54) is 5.56 Å². The van der Waals surface area contributed by atoms with Crippen molar-refractivity contribution >= 4 is 6.03 Å². The molecule has 1 aliphatic carbocycles. The summed E-state index contributed by atoms with van der Waals surface area (Å²) in [6.07, 6.45) is 3.86. The third-order valence-electron chi connectivity index (χ3n) is 4.63. The van der Waals surface area contributed by atoms with Crippen LogP contribution in [-0.2, 0) is 4.74 Å². The first-order valence-corrected chi connectivity index (χ1v) is 8.55. The largest absolute Gasteiger partial charge is 0.395 e. The lowest BCUT2D eigenvalue weighted by Crippen LogP contribution is -2.50. The number of nitrogens with one attached hydrogen (secondary N) is 1. The summed E-state index contributed by atoms with van der Waals surface area (Å²) in [7, 11) is 0. The van der Waals surface area contributed by atoms with E-state index in [9.17, 15) is 9.90 Å². The van der Waals surface area contributed by atoms with Gasteiger partial charge in [0.1, 0.15) is 6.10 Å². The fourth-order valence-electron chi connectivity index (χ4n) is 3.20. The molecule has 0 spiro atoms. The second-order valence-corrected chi connectivity index (χ2v) is 6.55. The fraction of sp³-hybridized carbons (Fsp3) is 0.611. The summed E-state index contributed by atoms with van der Waals surface area (Å²) < 4.78 is 5.95. The number of nitrogens with zero attached hydrogens (tertiary/aromatic N) is 1. The lowest BCUT2D eigenvalue weighted by Gasteiger charge is -2.34. The molecule has 2 aliphatic rings. The summed E-state index contributed by atoms with van der Waals surface area (Å²) in [5, 5.41) is 12.3. The average Bonchev–Trinajstić information content (AvgIpc) is 3.39. The van der Waals surface area contributed by atoms with Crippen molar-refractivity contribution in [3.63, 3.8) is 0 Å². The van der Waals surface area contributed by atoms with Gasteiger partial charge in [0.05, 0.1) is 12.6 Å². The molecule has 2 amide bonds. The SMILES string of the molecule is Cc1ccc(C2OCCCC2NC(=O)N(CCO)C2CC2)cc1. The minimum atomic E-state index is -0.0940. The van der Waals surface area contributed by atoms with Crippen LogP contribution in [0.3, 0.4) is 0 Å². The van der Waals surface area contributed by atoms with Gasteiger partial charge in [0.25, 0.3) is 0 Å². The lowest BCUT2D eigenvalue weighted by molar-refractivity contribution is -0.00889. The fourth-order valence-corrected chi connectivity index (χ4v) is 3.20. The Morgan fingerprint density at radius 1 is 1.30 bits per heavy atom. The van der Waals surface area contributed by atoms with Crippen LogP contribution < -0.4 is 5.32 Å². The highest BCUT2D eigenvalue weighted by atomic mass is 16.5. The number of hydrogen-bond acceptors (Lipinski definition) is 3. The van der Waals surface area contributed by atoms with Gasteiger partial charge in [-0.15, -0.1) is 0 Å². The number of rotatable bonds is 5. The summed E-state index contributed by atoms with van der Waals surface area (Å²) in [6.45, 7) is 3.20. The van der Waals surface area contributed by atoms with Crippen LogP contribution in [0.1, 0.15) is 42.9 Å². The smallest absolute Gasteiger partial charge is 0.318 e. The molecule has 2 unspecified atom stereocenters. The number of hydrogen-bond donors (Lipinski definition) is 2. The molecule has 0 bridgehead atoms. The normalized spacial score (nSPS) is 24.3. The Morgan fingerprint density at radius 2 is 2.04 bits per heavy atom. The quantitative estimate of drug-likeness (QED) is 0.876. The first kappa shape index (κ1) is 16.3. The Bertz CT molecular complexity index is 528. The van der Waals surface area contributed by atoms with Gasteiger partial charge in [-0.05, 0) is 38.2 Å². The predicted octanol–water partition coefficient (Wildman–Crippen LogP) is 2.38. The van der Waals surface area contributed by atoms with E-state index < -0.39 is 0 Å². The van der Waals surface area contributed by atoms with Gasteiger partial charge in [0.2, 0.25) is 0 Å². The highest BCUT2D eigenvalue weighted by Gasteiger charge is 2.35. The maximum Gasteiger partial charge on any atom is 0.318 e. The highest BCUT2D eigenvalue weighted by molar-refractivity contribution is 5.75. The molecular formula is C18H26N2O3. The number of benzene rings is 1. The molecular weight excluding hydrogens is 292 g/mol. The van der Waals surface area contributed by atoms with Gasteiger partial charge in [-0.25, -0.2) is 4.79 Å². The van der Waals surface area contributed by atoms with Gasteiger partial charge >= 0.3 is 6.03 Å². The molecule has 1 aromatic carbocycles. The second-order valence-electron chi connectivity index (χ2n) is 6.55. The topological polar surface area (TPSA) is 61.8 Å². The first-order valence-electron chi connectivity index (χ1n) is 8.55. The van der Waals surface area contributed by atoms with E-state index in [1.54, 1.807) is 4.90 Å². The summed E-state index contributed by atoms with van der Waals surface area (Å²) in [6, 6.07) is 8.52. The molecule has 2 N–H and O–H groups in total. The maximum atomic E-state index is 12.6. The monoisotopic (exact) mass is 318 g/mol. The third-order valence-corrected chi connectivity index (χ3v) is 4.63. The van der Waals surface area contributed by atoms with Gasteiger partial charge in [0, 0.05) is 19.2 Å². The minimum absolute atomic E-state index is 0.00643. The summed E-state index contributed by atoms with van der Waals surface area (Å²) in [4.78, 5) is 14.3. The molecule has 1 aromatic rings. The second kappa shape index (κ2) is 7.32. The van der Waals surface area contributed by atoms with Crippen molar-refractivity contribution in [2.45, 2.75) is 50.8 Å². The van der Waals surface area contributed by atoms with Crippen LogP contribution >= 0.6 is 0 Å². The number of carbonyl (C=O) groups excluding carboxylic acids is 1. The maximum absolute atomic E-state index is 12.6. The molecule has 2 fully saturated rings. The molecule has 3 rings (SSSR count). The first-order chi connectivity index (χ1) is 11.2. The van der Waals surface area contributed by atoms with E-state index in [0.717, 1.165) is 37.9 Å². The molecule has 126 valence electrons. The zero-order valence-electron chi connectivity index (χ0n) is 13.7. The van der Waals surface area contributed by atoms with Crippen molar-refractivity contribution in [3.8, 4) is 0 Å². The van der Waals surface area contributed by atoms with Crippen LogP contribution in [-0.4, -0.2) is 47.9 Å². The van der Waals surface area contributed by atoms with E-state index in [4.69, 9.17) is 4.74 Å². The molecule has 2 atom stereocenters. The summed E-state index contributed by atoms with van der Waals surface area (Å²) >= 11 is 0. The van der Waals surface area contributed by atoms with E-state index in [1.807, 2.05) is 0 Å².